The van der Waals surface area contributed by atoms with Gasteiger partial charge in [-0.3, -0.25) is 9.48 Å². The first kappa shape index (κ1) is 11.1. The summed E-state index contributed by atoms with van der Waals surface area (Å²) in [7, 11) is 1.77. The minimum absolute atomic E-state index is 0.173. The minimum Gasteiger partial charge on any atom is -0.388 e. The van der Waals surface area contributed by atoms with Crippen molar-refractivity contribution in [2.45, 2.75) is 31.3 Å². The van der Waals surface area contributed by atoms with Crippen molar-refractivity contribution in [1.82, 2.24) is 15.1 Å². The zero-order chi connectivity index (χ0) is 11.6. The maximum atomic E-state index is 11.7. The number of carbonyl (C=O) groups is 1. The molecule has 0 unspecified atom stereocenters. The average Bonchev–Trinajstić information content (AvgIpc) is 2.85. The van der Waals surface area contributed by atoms with Crippen molar-refractivity contribution in [3.05, 3.63) is 18.0 Å². The Hall–Kier alpha value is -1.36. The van der Waals surface area contributed by atoms with E-state index in [1.165, 1.54) is 6.20 Å². The summed E-state index contributed by atoms with van der Waals surface area (Å²) in [5.74, 6) is -0.173. The van der Waals surface area contributed by atoms with Gasteiger partial charge in [-0.25, -0.2) is 0 Å². The topological polar surface area (TPSA) is 67.2 Å². The molecule has 1 aliphatic rings. The predicted octanol–water partition coefficient (Wildman–Crippen LogP) is 0.455. The predicted molar refractivity (Wildman–Crippen MR) is 59.0 cm³/mol. The van der Waals surface area contributed by atoms with E-state index in [0.717, 1.165) is 25.7 Å². The number of hydrogen-bond donors (Lipinski definition) is 2. The third-order valence-electron chi connectivity index (χ3n) is 3.08. The van der Waals surface area contributed by atoms with Gasteiger partial charge < -0.3 is 10.4 Å². The molecule has 1 fully saturated rings. The normalized spacial score (nSPS) is 18.6. The highest BCUT2D eigenvalue weighted by molar-refractivity contribution is 5.93. The van der Waals surface area contributed by atoms with E-state index in [1.54, 1.807) is 17.9 Å². The molecule has 0 aromatic carbocycles. The first-order valence-electron chi connectivity index (χ1n) is 5.58. The van der Waals surface area contributed by atoms with Crippen molar-refractivity contribution < 1.29 is 9.90 Å². The van der Waals surface area contributed by atoms with Gasteiger partial charge in [0.25, 0.3) is 5.91 Å². The highest BCUT2D eigenvalue weighted by Gasteiger charge is 2.31. The molecule has 1 amide bonds. The van der Waals surface area contributed by atoms with Gasteiger partial charge in [0.1, 0.15) is 0 Å². The van der Waals surface area contributed by atoms with Crippen LogP contribution in [-0.2, 0) is 7.05 Å². The second-order valence-electron chi connectivity index (χ2n) is 4.52. The molecule has 1 aromatic rings. The molecule has 16 heavy (non-hydrogen) atoms. The van der Waals surface area contributed by atoms with Crippen molar-refractivity contribution in [2.24, 2.45) is 7.05 Å². The first-order valence-corrected chi connectivity index (χ1v) is 5.58. The number of rotatable bonds is 3. The van der Waals surface area contributed by atoms with E-state index < -0.39 is 5.60 Å². The van der Waals surface area contributed by atoms with E-state index in [0.29, 0.717) is 12.1 Å². The van der Waals surface area contributed by atoms with Crippen LogP contribution in [0.25, 0.3) is 0 Å². The zero-order valence-electron chi connectivity index (χ0n) is 9.44. The van der Waals surface area contributed by atoms with Gasteiger partial charge in [0.2, 0.25) is 0 Å². The van der Waals surface area contributed by atoms with Crippen LogP contribution < -0.4 is 5.32 Å². The zero-order valence-corrected chi connectivity index (χ0v) is 9.44. The van der Waals surface area contributed by atoms with Crippen LogP contribution in [0.15, 0.2) is 12.4 Å². The lowest BCUT2D eigenvalue weighted by Gasteiger charge is -2.21. The van der Waals surface area contributed by atoms with Crippen LogP contribution in [0.2, 0.25) is 0 Å². The van der Waals surface area contributed by atoms with E-state index in [1.807, 2.05) is 0 Å². The van der Waals surface area contributed by atoms with E-state index in [-0.39, 0.29) is 5.91 Å². The monoisotopic (exact) mass is 223 g/mol. The smallest absolute Gasteiger partial charge is 0.254 e. The molecule has 0 spiro atoms. The summed E-state index contributed by atoms with van der Waals surface area (Å²) in [6, 6.07) is 0. The van der Waals surface area contributed by atoms with Crippen LogP contribution in [0, 0.1) is 0 Å². The van der Waals surface area contributed by atoms with Gasteiger partial charge in [-0.15, -0.1) is 0 Å². The molecule has 5 nitrogen and oxygen atoms in total. The SMILES string of the molecule is Cn1cc(C(=O)NCC2(O)CCCC2)cn1. The molecule has 1 saturated carbocycles. The molecule has 1 aromatic heterocycles. The number of nitrogens with one attached hydrogen (secondary N) is 1. The maximum absolute atomic E-state index is 11.7. The van der Waals surface area contributed by atoms with Crippen molar-refractivity contribution in [2.75, 3.05) is 6.54 Å². The molecule has 0 aliphatic heterocycles. The lowest BCUT2D eigenvalue weighted by molar-refractivity contribution is 0.0449. The molecule has 2 N–H and O–H groups in total. The largest absolute Gasteiger partial charge is 0.388 e. The van der Waals surface area contributed by atoms with Gasteiger partial charge in [0, 0.05) is 19.8 Å². The number of carbonyl (C=O) groups excluding carboxylic acids is 1. The molecule has 0 atom stereocenters. The average molecular weight is 223 g/mol. The maximum Gasteiger partial charge on any atom is 0.254 e. The van der Waals surface area contributed by atoms with Crippen LogP contribution in [0.1, 0.15) is 36.0 Å². The Morgan fingerprint density at radius 2 is 2.31 bits per heavy atom. The van der Waals surface area contributed by atoms with Crippen LogP contribution >= 0.6 is 0 Å². The summed E-state index contributed by atoms with van der Waals surface area (Å²) in [6.07, 6.45) is 6.82. The van der Waals surface area contributed by atoms with Gasteiger partial charge >= 0.3 is 0 Å². The number of aliphatic hydroxyl groups is 1. The second kappa shape index (κ2) is 4.25. The Morgan fingerprint density at radius 3 is 2.88 bits per heavy atom. The van der Waals surface area contributed by atoms with Gasteiger partial charge in [-0.2, -0.15) is 5.10 Å². The van der Waals surface area contributed by atoms with E-state index in [2.05, 4.69) is 10.4 Å². The van der Waals surface area contributed by atoms with Crippen molar-refractivity contribution in [3.63, 3.8) is 0 Å². The van der Waals surface area contributed by atoms with Crippen LogP contribution in [0.3, 0.4) is 0 Å². The molecule has 1 heterocycles. The Balaban J connectivity index is 1.88. The van der Waals surface area contributed by atoms with Gasteiger partial charge in [0.05, 0.1) is 17.4 Å². The quantitative estimate of drug-likeness (QED) is 0.782. The first-order chi connectivity index (χ1) is 7.59. The number of hydrogen-bond acceptors (Lipinski definition) is 3. The van der Waals surface area contributed by atoms with E-state index in [9.17, 15) is 9.90 Å². The lowest BCUT2D eigenvalue weighted by atomic mass is 10.0. The number of nitrogens with zero attached hydrogens (tertiary/aromatic N) is 2. The molecule has 0 saturated heterocycles. The fourth-order valence-electron chi connectivity index (χ4n) is 2.10. The molecule has 5 heteroatoms. The van der Waals surface area contributed by atoms with Crippen molar-refractivity contribution in [1.29, 1.82) is 0 Å². The van der Waals surface area contributed by atoms with E-state index >= 15 is 0 Å². The fourth-order valence-corrected chi connectivity index (χ4v) is 2.10. The summed E-state index contributed by atoms with van der Waals surface area (Å²) in [6.45, 7) is 0.334. The Bertz CT molecular complexity index is 380. The lowest BCUT2D eigenvalue weighted by Crippen LogP contribution is -2.40. The summed E-state index contributed by atoms with van der Waals surface area (Å²) in [4.78, 5) is 11.7. The molecule has 0 radical (unpaired) electrons. The fraction of sp³-hybridized carbons (Fsp3) is 0.636. The van der Waals surface area contributed by atoms with E-state index in [4.69, 9.17) is 0 Å². The Morgan fingerprint density at radius 1 is 1.62 bits per heavy atom. The number of aromatic nitrogens is 2. The molecular formula is C11H17N3O2. The summed E-state index contributed by atoms with van der Waals surface area (Å²) in [5.41, 5.74) is -0.165. The molecule has 88 valence electrons. The molecule has 1 aliphatic carbocycles. The van der Waals surface area contributed by atoms with Gasteiger partial charge in [-0.05, 0) is 12.8 Å². The molecular weight excluding hydrogens is 206 g/mol. The number of amides is 1. The van der Waals surface area contributed by atoms with Crippen molar-refractivity contribution in [3.8, 4) is 0 Å². The summed E-state index contributed by atoms with van der Waals surface area (Å²) >= 11 is 0. The van der Waals surface area contributed by atoms with Crippen molar-refractivity contribution >= 4 is 5.91 Å². The third-order valence-corrected chi connectivity index (χ3v) is 3.08. The highest BCUT2D eigenvalue weighted by atomic mass is 16.3. The van der Waals surface area contributed by atoms with Crippen LogP contribution in [0.5, 0.6) is 0 Å². The molecule has 2 rings (SSSR count). The van der Waals surface area contributed by atoms with Gasteiger partial charge in [0.15, 0.2) is 0 Å². The van der Waals surface area contributed by atoms with Gasteiger partial charge in [-0.1, -0.05) is 12.8 Å². The third kappa shape index (κ3) is 2.41. The standard InChI is InChI=1S/C11H17N3O2/c1-14-7-9(6-13-14)10(15)12-8-11(16)4-2-3-5-11/h6-7,16H,2-5,8H2,1H3,(H,12,15). The minimum atomic E-state index is -0.697. The van der Waals surface area contributed by atoms with Crippen LogP contribution in [0.4, 0.5) is 0 Å². The second-order valence-corrected chi connectivity index (χ2v) is 4.52. The highest BCUT2D eigenvalue weighted by Crippen LogP contribution is 2.28. The molecule has 0 bridgehead atoms. The Labute approximate surface area is 94.5 Å². The summed E-state index contributed by atoms with van der Waals surface area (Å²) in [5, 5.41) is 16.7. The number of aryl methyl sites for hydroxylation is 1. The summed E-state index contributed by atoms with van der Waals surface area (Å²) < 4.78 is 1.58. The van der Waals surface area contributed by atoms with Crippen LogP contribution in [-0.4, -0.2) is 32.9 Å². The Kier molecular flexibility index (Phi) is 2.96.